The van der Waals surface area contributed by atoms with Crippen LogP contribution in [0.5, 0.6) is 0 Å². The second-order valence-corrected chi connectivity index (χ2v) is 6.13. The summed E-state index contributed by atoms with van der Waals surface area (Å²) in [5.41, 5.74) is 12.7. The third-order valence-electron chi connectivity index (χ3n) is 3.99. The summed E-state index contributed by atoms with van der Waals surface area (Å²) < 4.78 is 41.2. The van der Waals surface area contributed by atoms with E-state index in [0.29, 0.717) is 22.6 Å². The lowest BCUT2D eigenvalue weighted by molar-refractivity contribution is -0.117. The molecule has 1 amide bonds. The molecule has 1 aromatic heterocycles. The van der Waals surface area contributed by atoms with Gasteiger partial charge in [-0.05, 0) is 30.3 Å². The molecule has 0 aliphatic carbocycles. The smallest absolute Gasteiger partial charge is 0.231 e. The topological polar surface area (TPSA) is 109 Å². The molecule has 0 bridgehead atoms. The number of nitrogens with two attached hydrogens (primary N) is 2. The molecule has 0 aliphatic rings. The van der Waals surface area contributed by atoms with E-state index in [9.17, 15) is 18.0 Å². The van der Waals surface area contributed by atoms with Crippen LogP contribution in [-0.4, -0.2) is 24.0 Å². The van der Waals surface area contributed by atoms with Crippen LogP contribution < -0.4 is 22.1 Å². The van der Waals surface area contributed by atoms with Gasteiger partial charge in [-0.15, -0.1) is 0 Å². The molecule has 0 spiro atoms. The van der Waals surface area contributed by atoms with Crippen molar-refractivity contribution in [3.05, 3.63) is 65.7 Å². The van der Waals surface area contributed by atoms with Crippen molar-refractivity contribution < 1.29 is 18.0 Å². The Balaban J connectivity index is 1.99. The van der Waals surface area contributed by atoms with E-state index in [-0.39, 0.29) is 24.0 Å². The van der Waals surface area contributed by atoms with Crippen molar-refractivity contribution in [2.24, 2.45) is 11.5 Å². The minimum atomic E-state index is -0.758. The lowest BCUT2D eigenvalue weighted by Gasteiger charge is -2.08. The number of hydrogen-bond acceptors (Lipinski definition) is 4. The Morgan fingerprint density at radius 2 is 1.75 bits per heavy atom. The highest BCUT2D eigenvalue weighted by Gasteiger charge is 2.17. The van der Waals surface area contributed by atoms with E-state index in [1.54, 1.807) is 0 Å². The van der Waals surface area contributed by atoms with Crippen LogP contribution >= 0.6 is 0 Å². The third kappa shape index (κ3) is 4.26. The van der Waals surface area contributed by atoms with Crippen LogP contribution in [0.4, 0.5) is 18.9 Å². The van der Waals surface area contributed by atoms with E-state index in [4.69, 9.17) is 11.5 Å². The molecule has 3 rings (SSSR count). The number of carbonyl (C=O) groups is 1. The van der Waals surface area contributed by atoms with E-state index in [1.807, 2.05) is 0 Å². The number of aromatic amines is 1. The molecular formula is C19H18F3N5O. The Hall–Kier alpha value is -3.46. The molecule has 2 aromatic carbocycles. The van der Waals surface area contributed by atoms with E-state index in [2.05, 4.69) is 15.6 Å². The van der Waals surface area contributed by atoms with E-state index >= 15 is 0 Å². The Kier molecular flexibility index (Phi) is 5.55. The van der Waals surface area contributed by atoms with Crippen molar-refractivity contribution in [1.29, 1.82) is 0 Å². The zero-order chi connectivity index (χ0) is 20.3. The molecule has 0 saturated carbocycles. The fraction of sp³-hybridized carbons (Fsp3) is 0.105. The average Bonchev–Trinajstić information content (AvgIpc) is 2.99. The first-order chi connectivity index (χ1) is 13.3. The van der Waals surface area contributed by atoms with Gasteiger partial charge < -0.3 is 27.1 Å². The van der Waals surface area contributed by atoms with Gasteiger partial charge >= 0.3 is 0 Å². The molecule has 0 fully saturated rings. The van der Waals surface area contributed by atoms with Crippen LogP contribution in [0.25, 0.3) is 22.2 Å². The molecule has 0 aliphatic heterocycles. The zero-order valence-corrected chi connectivity index (χ0v) is 14.7. The molecule has 6 nitrogen and oxygen atoms in total. The molecule has 1 heterocycles. The van der Waals surface area contributed by atoms with Gasteiger partial charge in [-0.2, -0.15) is 0 Å². The van der Waals surface area contributed by atoms with Crippen LogP contribution in [0.2, 0.25) is 0 Å². The molecule has 3 aromatic rings. The van der Waals surface area contributed by atoms with Crippen molar-refractivity contribution in [3.63, 3.8) is 0 Å². The van der Waals surface area contributed by atoms with Gasteiger partial charge in [0.1, 0.15) is 17.5 Å². The number of anilines is 1. The molecule has 0 saturated heterocycles. The molecule has 28 heavy (non-hydrogen) atoms. The monoisotopic (exact) mass is 389 g/mol. The van der Waals surface area contributed by atoms with Crippen LogP contribution in [-0.2, 0) is 4.79 Å². The number of carbonyl (C=O) groups excluding carboxylic acids is 1. The van der Waals surface area contributed by atoms with Gasteiger partial charge in [0, 0.05) is 35.5 Å². The minimum absolute atomic E-state index is 0.0428. The second kappa shape index (κ2) is 8.05. The number of benzene rings is 2. The molecule has 7 N–H and O–H groups in total. The number of aromatic nitrogens is 1. The number of nitrogens with one attached hydrogen (secondary N) is 3. The highest BCUT2D eigenvalue weighted by atomic mass is 19.1. The van der Waals surface area contributed by atoms with Crippen molar-refractivity contribution in [2.45, 2.75) is 0 Å². The van der Waals surface area contributed by atoms with Crippen LogP contribution in [0.3, 0.4) is 0 Å². The van der Waals surface area contributed by atoms with Gasteiger partial charge in [0.25, 0.3) is 0 Å². The number of H-pyrrole nitrogens is 1. The van der Waals surface area contributed by atoms with Gasteiger partial charge in [0.2, 0.25) is 5.91 Å². The lowest BCUT2D eigenvalue weighted by Crippen LogP contribution is -2.31. The maximum absolute atomic E-state index is 14.2. The van der Waals surface area contributed by atoms with E-state index in [1.165, 1.54) is 36.5 Å². The number of fused-ring (bicyclic) bond motifs is 1. The van der Waals surface area contributed by atoms with E-state index in [0.717, 1.165) is 6.07 Å². The minimum Gasteiger partial charge on any atom is -0.400 e. The summed E-state index contributed by atoms with van der Waals surface area (Å²) in [6, 6.07) is 7.51. The highest BCUT2D eigenvalue weighted by molar-refractivity contribution is 6.01. The predicted molar refractivity (Wildman–Crippen MR) is 102 cm³/mol. The fourth-order valence-corrected chi connectivity index (χ4v) is 2.75. The maximum Gasteiger partial charge on any atom is 0.231 e. The predicted octanol–water partition coefficient (Wildman–Crippen LogP) is 2.54. The summed E-state index contributed by atoms with van der Waals surface area (Å²) in [7, 11) is 0. The number of halogens is 3. The van der Waals surface area contributed by atoms with Gasteiger partial charge in [-0.3, -0.25) is 4.79 Å². The largest absolute Gasteiger partial charge is 0.400 e. The van der Waals surface area contributed by atoms with Crippen molar-refractivity contribution in [3.8, 4) is 11.3 Å². The molecular weight excluding hydrogens is 371 g/mol. The molecule has 0 atom stereocenters. The summed E-state index contributed by atoms with van der Waals surface area (Å²) in [5.74, 6) is -2.44. The Labute approximate surface area is 158 Å². The van der Waals surface area contributed by atoms with Crippen molar-refractivity contribution in [2.75, 3.05) is 18.4 Å². The Morgan fingerprint density at radius 1 is 1.04 bits per heavy atom. The van der Waals surface area contributed by atoms with E-state index < -0.39 is 23.4 Å². The number of hydrogen-bond donors (Lipinski definition) is 5. The molecule has 0 unspecified atom stereocenters. The summed E-state index contributed by atoms with van der Waals surface area (Å²) in [6.07, 6.45) is 1.44. The van der Waals surface area contributed by atoms with Crippen LogP contribution in [0.15, 0.2) is 48.3 Å². The summed E-state index contributed by atoms with van der Waals surface area (Å²) >= 11 is 0. The van der Waals surface area contributed by atoms with Gasteiger partial charge in [0.05, 0.1) is 23.4 Å². The quantitative estimate of drug-likeness (QED) is 0.428. The fourth-order valence-electron chi connectivity index (χ4n) is 2.75. The number of amides is 1. The normalized spacial score (nSPS) is 11.8. The Bertz CT molecular complexity index is 1040. The second-order valence-electron chi connectivity index (χ2n) is 6.13. The maximum atomic E-state index is 14.2. The molecule has 9 heteroatoms. The average molecular weight is 389 g/mol. The zero-order valence-electron chi connectivity index (χ0n) is 14.7. The van der Waals surface area contributed by atoms with Crippen molar-refractivity contribution >= 4 is 22.5 Å². The molecule has 146 valence electrons. The first-order valence-electron chi connectivity index (χ1n) is 8.32. The Morgan fingerprint density at radius 3 is 2.43 bits per heavy atom. The molecule has 0 radical (unpaired) electrons. The van der Waals surface area contributed by atoms with Crippen LogP contribution in [0.1, 0.15) is 0 Å². The third-order valence-corrected chi connectivity index (χ3v) is 3.99. The summed E-state index contributed by atoms with van der Waals surface area (Å²) in [6.45, 7) is 0.131. The van der Waals surface area contributed by atoms with Gasteiger partial charge in [-0.1, -0.05) is 0 Å². The SMILES string of the molecule is NC(=O)CNC/C(N)=C/Nc1c(-c2ccc(F)cc2)[nH]c2c(F)cc(F)cc12. The standard InChI is InChI=1S/C19H18F3N5O/c20-11-3-1-10(2-4-11)17-19(26-8-13(23)7-25-9-16(24)28)14-5-12(21)6-15(22)18(14)27-17/h1-6,8,25-27H,7,9,23H2,(H2,24,28)/b13-8-. The number of rotatable bonds is 7. The first kappa shape index (κ1) is 19.3. The first-order valence-corrected chi connectivity index (χ1v) is 8.32. The number of primary amides is 1. The van der Waals surface area contributed by atoms with Crippen molar-refractivity contribution in [1.82, 2.24) is 10.3 Å². The highest BCUT2D eigenvalue weighted by Crippen LogP contribution is 2.36. The van der Waals surface area contributed by atoms with Gasteiger partial charge in [0.15, 0.2) is 0 Å². The summed E-state index contributed by atoms with van der Waals surface area (Å²) in [5, 5.41) is 5.95. The van der Waals surface area contributed by atoms with Gasteiger partial charge in [-0.25, -0.2) is 13.2 Å². The van der Waals surface area contributed by atoms with Crippen LogP contribution in [0, 0.1) is 17.5 Å². The lowest BCUT2D eigenvalue weighted by atomic mass is 10.1. The summed E-state index contributed by atoms with van der Waals surface area (Å²) in [4.78, 5) is 13.6.